The molecule has 78 valence electrons. The molecule has 14 heavy (non-hydrogen) atoms. The average molecular weight is 194 g/mol. The highest BCUT2D eigenvalue weighted by Gasteiger charge is 2.04. The van der Waals surface area contributed by atoms with Crippen molar-refractivity contribution in [2.75, 3.05) is 0 Å². The second-order valence-corrected chi connectivity index (χ2v) is 3.99. The van der Waals surface area contributed by atoms with Crippen molar-refractivity contribution in [3.8, 4) is 0 Å². The molecule has 0 bridgehead atoms. The van der Waals surface area contributed by atoms with Gasteiger partial charge >= 0.3 is 0 Å². The SMILES string of the molecule is CC(C)CC(=O)NCc1cccn1C. The molecule has 0 unspecified atom stereocenters. The van der Waals surface area contributed by atoms with Gasteiger partial charge in [0.2, 0.25) is 5.91 Å². The van der Waals surface area contributed by atoms with Crippen molar-refractivity contribution in [1.29, 1.82) is 0 Å². The van der Waals surface area contributed by atoms with E-state index in [0.717, 1.165) is 5.69 Å². The average Bonchev–Trinajstić information content (AvgIpc) is 2.46. The van der Waals surface area contributed by atoms with Crippen LogP contribution >= 0.6 is 0 Å². The number of aryl methyl sites for hydroxylation is 1. The van der Waals surface area contributed by atoms with Gasteiger partial charge in [-0.25, -0.2) is 0 Å². The molecule has 1 N–H and O–H groups in total. The second kappa shape index (κ2) is 4.84. The molecule has 0 atom stereocenters. The van der Waals surface area contributed by atoms with Gasteiger partial charge in [0.15, 0.2) is 0 Å². The zero-order valence-electron chi connectivity index (χ0n) is 9.08. The van der Waals surface area contributed by atoms with Crippen molar-refractivity contribution in [3.05, 3.63) is 24.0 Å². The lowest BCUT2D eigenvalue weighted by Crippen LogP contribution is -2.24. The van der Waals surface area contributed by atoms with Crippen LogP contribution in [0.3, 0.4) is 0 Å². The van der Waals surface area contributed by atoms with Gasteiger partial charge in [0.05, 0.1) is 6.54 Å². The smallest absolute Gasteiger partial charge is 0.220 e. The number of nitrogens with zero attached hydrogens (tertiary/aromatic N) is 1. The number of carbonyl (C=O) groups is 1. The van der Waals surface area contributed by atoms with Gasteiger partial charge in [-0.3, -0.25) is 4.79 Å². The maximum absolute atomic E-state index is 11.3. The molecule has 3 heteroatoms. The van der Waals surface area contributed by atoms with Gasteiger partial charge in [-0.2, -0.15) is 0 Å². The lowest BCUT2D eigenvalue weighted by Gasteiger charge is -2.07. The van der Waals surface area contributed by atoms with E-state index >= 15 is 0 Å². The van der Waals surface area contributed by atoms with E-state index in [1.54, 1.807) is 0 Å². The monoisotopic (exact) mass is 194 g/mol. The normalized spacial score (nSPS) is 10.6. The summed E-state index contributed by atoms with van der Waals surface area (Å²) >= 11 is 0. The van der Waals surface area contributed by atoms with Crippen molar-refractivity contribution in [1.82, 2.24) is 9.88 Å². The summed E-state index contributed by atoms with van der Waals surface area (Å²) in [5.74, 6) is 0.546. The molecule has 0 aliphatic rings. The molecule has 0 aromatic carbocycles. The van der Waals surface area contributed by atoms with Crippen LogP contribution in [0.4, 0.5) is 0 Å². The van der Waals surface area contributed by atoms with E-state index in [9.17, 15) is 4.79 Å². The molecule has 0 saturated heterocycles. The van der Waals surface area contributed by atoms with Crippen molar-refractivity contribution in [2.24, 2.45) is 13.0 Å². The Kier molecular flexibility index (Phi) is 3.74. The lowest BCUT2D eigenvalue weighted by molar-refractivity contribution is -0.121. The number of hydrogen-bond donors (Lipinski definition) is 1. The summed E-state index contributed by atoms with van der Waals surface area (Å²) in [6.45, 7) is 4.71. The maximum atomic E-state index is 11.3. The van der Waals surface area contributed by atoms with Gasteiger partial charge in [0.1, 0.15) is 0 Å². The number of nitrogens with one attached hydrogen (secondary N) is 1. The van der Waals surface area contributed by atoms with Crippen LogP contribution in [-0.4, -0.2) is 10.5 Å². The molecule has 0 saturated carbocycles. The molecular weight excluding hydrogens is 176 g/mol. The van der Waals surface area contributed by atoms with E-state index in [4.69, 9.17) is 0 Å². The molecule has 1 rings (SSSR count). The number of aromatic nitrogens is 1. The molecule has 0 aliphatic heterocycles. The molecule has 1 aromatic heterocycles. The lowest BCUT2D eigenvalue weighted by atomic mass is 10.1. The third-order valence-electron chi connectivity index (χ3n) is 2.11. The number of hydrogen-bond acceptors (Lipinski definition) is 1. The first-order chi connectivity index (χ1) is 6.59. The highest BCUT2D eigenvalue weighted by molar-refractivity contribution is 5.75. The highest BCUT2D eigenvalue weighted by atomic mass is 16.1. The van der Waals surface area contributed by atoms with E-state index in [-0.39, 0.29) is 5.91 Å². The fourth-order valence-electron chi connectivity index (χ4n) is 1.31. The van der Waals surface area contributed by atoms with Crippen LogP contribution in [0.1, 0.15) is 26.0 Å². The minimum atomic E-state index is 0.126. The first-order valence-electron chi connectivity index (χ1n) is 4.96. The van der Waals surface area contributed by atoms with Gasteiger partial charge in [-0.1, -0.05) is 13.8 Å². The van der Waals surface area contributed by atoms with E-state index in [0.29, 0.717) is 18.9 Å². The van der Waals surface area contributed by atoms with Gasteiger partial charge in [-0.15, -0.1) is 0 Å². The predicted octanol–water partition coefficient (Wildman–Crippen LogP) is 1.69. The Hall–Kier alpha value is -1.25. The Labute approximate surface area is 85.1 Å². The van der Waals surface area contributed by atoms with E-state index in [2.05, 4.69) is 5.32 Å². The molecule has 0 radical (unpaired) electrons. The van der Waals surface area contributed by atoms with Crippen LogP contribution in [0.15, 0.2) is 18.3 Å². The summed E-state index contributed by atoms with van der Waals surface area (Å²) in [6, 6.07) is 3.99. The van der Waals surface area contributed by atoms with Crippen molar-refractivity contribution >= 4 is 5.91 Å². The Balaban J connectivity index is 2.34. The van der Waals surface area contributed by atoms with Crippen LogP contribution in [0.5, 0.6) is 0 Å². The molecule has 0 fully saturated rings. The summed E-state index contributed by atoms with van der Waals surface area (Å²) in [4.78, 5) is 11.3. The minimum absolute atomic E-state index is 0.126. The molecule has 1 heterocycles. The van der Waals surface area contributed by atoms with Crippen LogP contribution in [0, 0.1) is 5.92 Å². The van der Waals surface area contributed by atoms with Crippen molar-refractivity contribution < 1.29 is 4.79 Å². The third kappa shape index (κ3) is 3.24. The molecule has 3 nitrogen and oxygen atoms in total. The van der Waals surface area contributed by atoms with E-state index < -0.39 is 0 Å². The summed E-state index contributed by atoms with van der Waals surface area (Å²) in [7, 11) is 1.98. The third-order valence-corrected chi connectivity index (χ3v) is 2.11. The van der Waals surface area contributed by atoms with Crippen LogP contribution < -0.4 is 5.32 Å². The molecule has 1 amide bonds. The molecular formula is C11H18N2O. The first-order valence-corrected chi connectivity index (χ1v) is 4.96. The Morgan fingerprint density at radius 3 is 2.79 bits per heavy atom. The van der Waals surface area contributed by atoms with Gasteiger partial charge in [-0.05, 0) is 18.1 Å². The Morgan fingerprint density at radius 2 is 2.29 bits per heavy atom. The predicted molar refractivity (Wildman–Crippen MR) is 56.7 cm³/mol. The molecule has 0 aliphatic carbocycles. The first kappa shape index (κ1) is 10.8. The molecule has 0 spiro atoms. The Morgan fingerprint density at radius 1 is 1.57 bits per heavy atom. The summed E-state index contributed by atoms with van der Waals surface area (Å²) in [6.07, 6.45) is 2.58. The standard InChI is InChI=1S/C11H18N2O/c1-9(2)7-11(14)12-8-10-5-4-6-13(10)3/h4-6,9H,7-8H2,1-3H3,(H,12,14). The summed E-state index contributed by atoms with van der Waals surface area (Å²) < 4.78 is 2.01. The zero-order chi connectivity index (χ0) is 10.6. The summed E-state index contributed by atoms with van der Waals surface area (Å²) in [5, 5.41) is 2.90. The highest BCUT2D eigenvalue weighted by Crippen LogP contribution is 2.01. The maximum Gasteiger partial charge on any atom is 0.220 e. The minimum Gasteiger partial charge on any atom is -0.353 e. The van der Waals surface area contributed by atoms with Crippen LogP contribution in [0.2, 0.25) is 0 Å². The van der Waals surface area contributed by atoms with Gasteiger partial charge in [0.25, 0.3) is 0 Å². The number of carbonyl (C=O) groups excluding carboxylic acids is 1. The zero-order valence-corrected chi connectivity index (χ0v) is 9.08. The molecule has 1 aromatic rings. The van der Waals surface area contributed by atoms with Gasteiger partial charge < -0.3 is 9.88 Å². The fourth-order valence-corrected chi connectivity index (χ4v) is 1.31. The summed E-state index contributed by atoms with van der Waals surface area (Å²) in [5.41, 5.74) is 1.13. The quantitative estimate of drug-likeness (QED) is 0.777. The second-order valence-electron chi connectivity index (χ2n) is 3.99. The number of amides is 1. The largest absolute Gasteiger partial charge is 0.353 e. The fraction of sp³-hybridized carbons (Fsp3) is 0.545. The van der Waals surface area contributed by atoms with Crippen LogP contribution in [-0.2, 0) is 18.4 Å². The van der Waals surface area contributed by atoms with E-state index in [1.807, 2.05) is 43.8 Å². The van der Waals surface area contributed by atoms with Crippen molar-refractivity contribution in [3.63, 3.8) is 0 Å². The van der Waals surface area contributed by atoms with E-state index in [1.165, 1.54) is 0 Å². The van der Waals surface area contributed by atoms with Crippen molar-refractivity contribution in [2.45, 2.75) is 26.8 Å². The number of rotatable bonds is 4. The van der Waals surface area contributed by atoms with Gasteiger partial charge in [0, 0.05) is 25.4 Å². The Bertz CT molecular complexity index is 302. The topological polar surface area (TPSA) is 34.0 Å². The van der Waals surface area contributed by atoms with Crippen LogP contribution in [0.25, 0.3) is 0 Å².